The third kappa shape index (κ3) is 12.7. The topological polar surface area (TPSA) is 175 Å². The quantitative estimate of drug-likeness (QED) is 0.179. The molecule has 2 heterocycles. The van der Waals surface area contributed by atoms with E-state index >= 15 is 0 Å². The molecule has 0 saturated carbocycles. The van der Waals surface area contributed by atoms with Crippen molar-refractivity contribution >= 4 is 30.0 Å². The molecule has 1 fully saturated rings. The number of ether oxygens (including phenoxy) is 5. The van der Waals surface area contributed by atoms with E-state index in [1.807, 2.05) is 6.92 Å². The van der Waals surface area contributed by atoms with Crippen LogP contribution in [0.5, 0.6) is 0 Å². The first-order chi connectivity index (χ1) is 27.3. The molecule has 11 atom stereocenters. The van der Waals surface area contributed by atoms with Crippen molar-refractivity contribution in [1.29, 1.82) is 0 Å². The lowest BCUT2D eigenvalue weighted by Gasteiger charge is -2.48. The van der Waals surface area contributed by atoms with Crippen LogP contribution in [0.15, 0.2) is 84.5 Å². The second-order valence-electron chi connectivity index (χ2n) is 15.1. The van der Waals surface area contributed by atoms with Gasteiger partial charge in [0.15, 0.2) is 18.2 Å². The lowest BCUT2D eigenvalue weighted by molar-refractivity contribution is -0.297. The first-order valence-electron chi connectivity index (χ1n) is 19.6. The van der Waals surface area contributed by atoms with Gasteiger partial charge in [0.25, 0.3) is 0 Å². The summed E-state index contributed by atoms with van der Waals surface area (Å²) < 4.78 is 31.1. The van der Waals surface area contributed by atoms with Crippen LogP contribution in [0.1, 0.15) is 80.5 Å². The van der Waals surface area contributed by atoms with E-state index in [1.165, 1.54) is 6.08 Å². The number of likely N-dealkylation sites (N-methyl/N-ethyl adjacent to an activating group) is 1. The Hall–Kier alpha value is -4.53. The van der Waals surface area contributed by atoms with Gasteiger partial charge in [-0.05, 0) is 77.0 Å². The van der Waals surface area contributed by atoms with Gasteiger partial charge in [0.05, 0.1) is 48.5 Å². The zero-order valence-corrected chi connectivity index (χ0v) is 33.6. The second kappa shape index (κ2) is 21.8. The highest BCUT2D eigenvalue weighted by Gasteiger charge is 2.51. The highest BCUT2D eigenvalue weighted by Crippen LogP contribution is 2.35. The molecule has 0 amide bonds. The Kier molecular flexibility index (Phi) is 17.3. The fraction of sp³-hybridized carbons (Fsp3) is 0.523. The maximum absolute atomic E-state index is 13.7. The molecule has 0 aromatic heterocycles. The van der Waals surface area contributed by atoms with E-state index in [9.17, 15) is 34.2 Å². The Morgan fingerprint density at radius 3 is 2.05 bits per heavy atom. The summed E-state index contributed by atoms with van der Waals surface area (Å²) in [6, 6.07) is 16.0. The SMILES string of the molecule is CC[C@H]1OC(=O)C[C@@H](O)C[C@@H](O[C@@H]2O[C@H](C)[C@@H](OC(=O)c3ccccc3)[C@H](N(C)C)[C@H]2OC(=O)c2ccccc2)[C@@H](CC=O)C[C@@H](C)C(=O)/C=C/C(C)=C/[C@@H]1CO. The van der Waals surface area contributed by atoms with Crippen molar-refractivity contribution in [3.05, 3.63) is 95.6 Å². The number of cyclic esters (lactones) is 1. The number of hydrogen-bond acceptors (Lipinski definition) is 13. The largest absolute Gasteiger partial charge is 0.462 e. The lowest BCUT2D eigenvalue weighted by Crippen LogP contribution is -2.65. The van der Waals surface area contributed by atoms with Gasteiger partial charge < -0.3 is 38.7 Å². The van der Waals surface area contributed by atoms with Crippen molar-refractivity contribution in [3.63, 3.8) is 0 Å². The van der Waals surface area contributed by atoms with Gasteiger partial charge in [-0.1, -0.05) is 68.0 Å². The fourth-order valence-corrected chi connectivity index (χ4v) is 7.42. The monoisotopic (exact) mass is 791 g/mol. The number of allylic oxidation sites excluding steroid dienone is 3. The summed E-state index contributed by atoms with van der Waals surface area (Å²) in [5.74, 6) is -4.01. The summed E-state index contributed by atoms with van der Waals surface area (Å²) in [7, 11) is 3.48. The Morgan fingerprint density at radius 1 is 0.912 bits per heavy atom. The molecular weight excluding hydrogens is 734 g/mol. The molecule has 0 radical (unpaired) electrons. The molecule has 13 heteroatoms. The molecule has 310 valence electrons. The summed E-state index contributed by atoms with van der Waals surface area (Å²) in [5, 5.41) is 21.6. The van der Waals surface area contributed by atoms with Crippen LogP contribution < -0.4 is 0 Å². The number of aldehydes is 1. The highest BCUT2D eigenvalue weighted by molar-refractivity contribution is 5.92. The molecular formula is C44H57NO12. The molecule has 13 nitrogen and oxygen atoms in total. The molecule has 2 N–H and O–H groups in total. The molecule has 2 aliphatic heterocycles. The smallest absolute Gasteiger partial charge is 0.338 e. The molecule has 0 unspecified atom stereocenters. The number of nitrogens with zero attached hydrogens (tertiary/aromatic N) is 1. The molecule has 0 bridgehead atoms. The average molecular weight is 792 g/mol. The van der Waals surface area contributed by atoms with Gasteiger partial charge in [-0.25, -0.2) is 9.59 Å². The van der Waals surface area contributed by atoms with Gasteiger partial charge in [-0.15, -0.1) is 0 Å². The molecule has 2 aromatic rings. The average Bonchev–Trinajstić information content (AvgIpc) is 3.19. The molecule has 0 aliphatic carbocycles. The van der Waals surface area contributed by atoms with Crippen molar-refractivity contribution in [2.24, 2.45) is 17.8 Å². The van der Waals surface area contributed by atoms with Crippen molar-refractivity contribution in [2.45, 2.75) is 109 Å². The number of rotatable bonds is 11. The van der Waals surface area contributed by atoms with Gasteiger partial charge in [0, 0.05) is 24.7 Å². The molecule has 2 aromatic carbocycles. The van der Waals surface area contributed by atoms with Gasteiger partial charge in [-0.3, -0.25) is 14.5 Å². The summed E-state index contributed by atoms with van der Waals surface area (Å²) in [4.78, 5) is 67.7. The summed E-state index contributed by atoms with van der Waals surface area (Å²) >= 11 is 0. The minimum atomic E-state index is -1.33. The first-order valence-corrected chi connectivity index (χ1v) is 19.6. The molecule has 2 aliphatic rings. The second-order valence-corrected chi connectivity index (χ2v) is 15.1. The zero-order chi connectivity index (χ0) is 41.6. The number of carbonyl (C=O) groups excluding carboxylic acids is 5. The van der Waals surface area contributed by atoms with E-state index < -0.39 is 91.0 Å². The Bertz CT molecular complexity index is 1700. The summed E-state index contributed by atoms with van der Waals surface area (Å²) in [6.45, 7) is 6.72. The van der Waals surface area contributed by atoms with E-state index in [0.29, 0.717) is 23.8 Å². The number of aliphatic hydroxyl groups is 2. The predicted molar refractivity (Wildman–Crippen MR) is 210 cm³/mol. The Balaban J connectivity index is 1.74. The van der Waals surface area contributed by atoms with E-state index in [0.717, 1.165) is 0 Å². The minimum absolute atomic E-state index is 0.0661. The molecule has 0 spiro atoms. The molecule has 57 heavy (non-hydrogen) atoms. The van der Waals surface area contributed by atoms with Crippen LogP contribution in [0, 0.1) is 17.8 Å². The van der Waals surface area contributed by atoms with Gasteiger partial charge in [0.1, 0.15) is 18.5 Å². The van der Waals surface area contributed by atoms with Crippen LogP contribution in [0.2, 0.25) is 0 Å². The van der Waals surface area contributed by atoms with Gasteiger partial charge >= 0.3 is 17.9 Å². The zero-order valence-electron chi connectivity index (χ0n) is 33.6. The summed E-state index contributed by atoms with van der Waals surface area (Å²) in [6.07, 6.45) is -1.96. The predicted octanol–water partition coefficient (Wildman–Crippen LogP) is 4.89. The Morgan fingerprint density at radius 2 is 1.51 bits per heavy atom. The minimum Gasteiger partial charge on any atom is -0.462 e. The van der Waals surface area contributed by atoms with E-state index in [4.69, 9.17) is 23.7 Å². The van der Waals surface area contributed by atoms with Crippen molar-refractivity contribution in [2.75, 3.05) is 20.7 Å². The number of aliphatic hydroxyl groups excluding tert-OH is 2. The number of carbonyl (C=O) groups is 5. The van der Waals surface area contributed by atoms with E-state index in [-0.39, 0.29) is 37.2 Å². The van der Waals surface area contributed by atoms with E-state index in [1.54, 1.807) is 113 Å². The normalized spacial score (nSPS) is 32.0. The van der Waals surface area contributed by atoms with Crippen molar-refractivity contribution in [3.8, 4) is 0 Å². The molecule has 1 saturated heterocycles. The number of hydrogen-bond donors (Lipinski definition) is 2. The van der Waals surface area contributed by atoms with E-state index in [2.05, 4.69) is 0 Å². The van der Waals surface area contributed by atoms with Crippen LogP contribution in [0.4, 0.5) is 0 Å². The number of benzene rings is 2. The summed E-state index contributed by atoms with van der Waals surface area (Å²) in [5.41, 5.74) is 1.25. The van der Waals surface area contributed by atoms with Crippen LogP contribution in [-0.2, 0) is 38.1 Å². The van der Waals surface area contributed by atoms with Crippen LogP contribution in [0.25, 0.3) is 0 Å². The van der Waals surface area contributed by atoms with Crippen LogP contribution in [-0.4, -0.2) is 115 Å². The Labute approximate surface area is 334 Å². The van der Waals surface area contributed by atoms with Crippen LogP contribution >= 0.6 is 0 Å². The maximum Gasteiger partial charge on any atom is 0.338 e. The van der Waals surface area contributed by atoms with Crippen molar-refractivity contribution in [1.82, 2.24) is 4.90 Å². The highest BCUT2D eigenvalue weighted by atomic mass is 16.7. The van der Waals surface area contributed by atoms with Gasteiger partial charge in [-0.2, -0.15) is 0 Å². The third-order valence-electron chi connectivity index (χ3n) is 10.5. The van der Waals surface area contributed by atoms with Gasteiger partial charge in [0.2, 0.25) is 0 Å². The molecule has 4 rings (SSSR count). The number of ketones is 1. The third-order valence-corrected chi connectivity index (χ3v) is 10.5. The maximum atomic E-state index is 13.7. The standard InChI is InChI=1S/C44H57NO12/c1-7-36-33(26-47)22-27(2)18-19-35(49)28(3)23-32(20-21-46)37(24-34(48)25-38(50)54-36)55-44-41(57-43(52)31-16-12-9-13-17-31)39(45(5)6)40(29(4)53-44)56-42(51)30-14-10-8-11-15-30/h8-19,21-22,28-29,32-34,36-37,39-41,44,47-48H,7,20,23-26H2,1-6H3/b19-18+,27-22+/t28-,29-,32+,33-,34+,36-,37-,39+,40-,41-,44+/m1/s1. The van der Waals surface area contributed by atoms with Crippen LogP contribution in [0.3, 0.4) is 0 Å². The lowest BCUT2D eigenvalue weighted by atomic mass is 9.84. The fourth-order valence-electron chi connectivity index (χ4n) is 7.42. The number of esters is 3. The first kappa shape index (κ1) is 45.2. The van der Waals surface area contributed by atoms with Crippen molar-refractivity contribution < 1.29 is 57.9 Å².